The van der Waals surface area contributed by atoms with E-state index < -0.39 is 5.97 Å². The zero-order valence-corrected chi connectivity index (χ0v) is 12.4. The second kappa shape index (κ2) is 7.44. The van der Waals surface area contributed by atoms with Crippen LogP contribution in [0.3, 0.4) is 0 Å². The van der Waals surface area contributed by atoms with Crippen LogP contribution in [0.5, 0.6) is 0 Å². The lowest BCUT2D eigenvalue weighted by atomic mass is 9.86. The van der Waals surface area contributed by atoms with Crippen LogP contribution in [0.2, 0.25) is 0 Å². The molecule has 1 saturated carbocycles. The molecule has 3 heteroatoms. The van der Waals surface area contributed by atoms with Gasteiger partial charge in [0.1, 0.15) is 6.10 Å². The summed E-state index contributed by atoms with van der Waals surface area (Å²) in [5, 5.41) is 0. The molecule has 0 aromatic heterocycles. The van der Waals surface area contributed by atoms with Gasteiger partial charge < -0.3 is 0 Å². The van der Waals surface area contributed by atoms with Gasteiger partial charge in [-0.3, -0.25) is 4.89 Å². The number of carbonyl (C=O) groups is 1. The van der Waals surface area contributed by atoms with Crippen LogP contribution in [0.1, 0.15) is 61.9 Å². The maximum Gasteiger partial charge on any atom is 0.373 e. The Bertz CT molecular complexity index is 416. The Kier molecular flexibility index (Phi) is 5.60. The summed E-state index contributed by atoms with van der Waals surface area (Å²) in [4.78, 5) is 22.0. The summed E-state index contributed by atoms with van der Waals surface area (Å²) in [6.45, 7) is 4.30. The third kappa shape index (κ3) is 4.07. The molecule has 20 heavy (non-hydrogen) atoms. The van der Waals surface area contributed by atoms with Crippen LogP contribution in [0.25, 0.3) is 0 Å². The molecular formula is C17H23O3. The number of hydrogen-bond donors (Lipinski definition) is 0. The first kappa shape index (κ1) is 15.0. The molecule has 0 N–H and O–H groups in total. The Morgan fingerprint density at radius 1 is 1.15 bits per heavy atom. The molecule has 0 spiro atoms. The minimum absolute atomic E-state index is 0.419. The molecule has 0 bridgehead atoms. The molecule has 0 amide bonds. The van der Waals surface area contributed by atoms with Crippen molar-refractivity contribution in [2.24, 2.45) is 5.92 Å². The van der Waals surface area contributed by atoms with Crippen molar-refractivity contribution in [2.45, 2.75) is 52.4 Å². The topological polar surface area (TPSA) is 35.5 Å². The zero-order chi connectivity index (χ0) is 14.4. The molecule has 1 aliphatic carbocycles. The number of carbonyl (C=O) groups excluding carboxylic acids is 1. The first-order chi connectivity index (χ1) is 9.72. The molecule has 0 unspecified atom stereocenters. The molecule has 1 aromatic rings. The van der Waals surface area contributed by atoms with Gasteiger partial charge in [0.15, 0.2) is 0 Å². The SMILES string of the molecule is CCc1ccc(C(=O)OO[C]2CCC(CC)CC2)cc1. The van der Waals surface area contributed by atoms with Crippen molar-refractivity contribution in [1.29, 1.82) is 0 Å². The van der Waals surface area contributed by atoms with Gasteiger partial charge in [0.25, 0.3) is 0 Å². The molecule has 3 nitrogen and oxygen atoms in total. The fourth-order valence-electron chi connectivity index (χ4n) is 2.51. The highest BCUT2D eigenvalue weighted by molar-refractivity contribution is 5.88. The Morgan fingerprint density at radius 2 is 1.80 bits per heavy atom. The van der Waals surface area contributed by atoms with Gasteiger partial charge in [-0.15, -0.1) is 0 Å². The summed E-state index contributed by atoms with van der Waals surface area (Å²) < 4.78 is 0. The standard InChI is InChI=1S/C17H23O3/c1-3-13-5-9-15(10-6-13)17(18)20-19-16-11-7-14(4-2)8-12-16/h5-6,9-10,14H,3-4,7-8,11-12H2,1-2H3. The van der Waals surface area contributed by atoms with E-state index in [1.54, 1.807) is 12.1 Å². The van der Waals surface area contributed by atoms with E-state index in [1.807, 2.05) is 12.1 Å². The smallest absolute Gasteiger partial charge is 0.292 e. The zero-order valence-electron chi connectivity index (χ0n) is 12.4. The van der Waals surface area contributed by atoms with Crippen LogP contribution in [0.4, 0.5) is 0 Å². The maximum absolute atomic E-state index is 11.8. The monoisotopic (exact) mass is 275 g/mol. The number of hydrogen-bond acceptors (Lipinski definition) is 3. The third-order valence-corrected chi connectivity index (χ3v) is 4.07. The molecule has 1 radical (unpaired) electrons. The van der Waals surface area contributed by atoms with Crippen LogP contribution in [0, 0.1) is 12.0 Å². The molecule has 109 valence electrons. The number of aryl methyl sites for hydroxylation is 1. The number of rotatable bonds is 5. The first-order valence-corrected chi connectivity index (χ1v) is 7.55. The second-order valence-electron chi connectivity index (χ2n) is 5.39. The Hall–Kier alpha value is -1.35. The average Bonchev–Trinajstić information content (AvgIpc) is 2.53. The van der Waals surface area contributed by atoms with Crippen molar-refractivity contribution < 1.29 is 14.6 Å². The van der Waals surface area contributed by atoms with Crippen molar-refractivity contribution in [3.05, 3.63) is 41.5 Å². The van der Waals surface area contributed by atoms with E-state index in [4.69, 9.17) is 9.78 Å². The quantitative estimate of drug-likeness (QED) is 0.587. The lowest BCUT2D eigenvalue weighted by Gasteiger charge is -2.25. The van der Waals surface area contributed by atoms with Crippen LogP contribution < -0.4 is 0 Å². The van der Waals surface area contributed by atoms with Crippen molar-refractivity contribution in [1.82, 2.24) is 0 Å². The minimum atomic E-state index is -0.419. The maximum atomic E-state index is 11.8. The largest absolute Gasteiger partial charge is 0.373 e. The van der Waals surface area contributed by atoms with E-state index in [0.717, 1.165) is 44.1 Å². The minimum Gasteiger partial charge on any atom is -0.292 e. The van der Waals surface area contributed by atoms with Crippen LogP contribution in [-0.4, -0.2) is 5.97 Å². The van der Waals surface area contributed by atoms with E-state index in [-0.39, 0.29) is 0 Å². The fourth-order valence-corrected chi connectivity index (χ4v) is 2.51. The Morgan fingerprint density at radius 3 is 2.35 bits per heavy atom. The van der Waals surface area contributed by atoms with Gasteiger partial charge in [0, 0.05) is 0 Å². The highest BCUT2D eigenvalue weighted by atomic mass is 17.2. The molecule has 0 atom stereocenters. The molecular weight excluding hydrogens is 252 g/mol. The Balaban J connectivity index is 1.77. The fraction of sp³-hybridized carbons (Fsp3) is 0.529. The van der Waals surface area contributed by atoms with E-state index in [9.17, 15) is 4.79 Å². The predicted molar refractivity (Wildman–Crippen MR) is 77.8 cm³/mol. The van der Waals surface area contributed by atoms with Gasteiger partial charge in [-0.1, -0.05) is 32.4 Å². The predicted octanol–water partition coefficient (Wildman–Crippen LogP) is 4.47. The van der Waals surface area contributed by atoms with Gasteiger partial charge in [-0.05, 0) is 55.7 Å². The van der Waals surface area contributed by atoms with Gasteiger partial charge in [0.05, 0.1) is 5.56 Å². The lowest BCUT2D eigenvalue weighted by molar-refractivity contribution is -0.240. The van der Waals surface area contributed by atoms with Crippen molar-refractivity contribution in [2.75, 3.05) is 0 Å². The molecule has 1 aliphatic rings. The van der Waals surface area contributed by atoms with Gasteiger partial charge in [0.2, 0.25) is 0 Å². The molecule has 0 saturated heterocycles. The van der Waals surface area contributed by atoms with Gasteiger partial charge in [-0.2, -0.15) is 4.89 Å². The summed E-state index contributed by atoms with van der Waals surface area (Å²) in [6.07, 6.45) is 7.15. The Labute approximate surface area is 121 Å². The second-order valence-corrected chi connectivity index (χ2v) is 5.39. The summed E-state index contributed by atoms with van der Waals surface area (Å²) in [7, 11) is 0. The first-order valence-electron chi connectivity index (χ1n) is 7.55. The third-order valence-electron chi connectivity index (χ3n) is 4.07. The number of benzene rings is 1. The highest BCUT2D eigenvalue weighted by Crippen LogP contribution is 2.32. The van der Waals surface area contributed by atoms with Gasteiger partial charge >= 0.3 is 5.97 Å². The van der Waals surface area contributed by atoms with E-state index in [1.165, 1.54) is 12.0 Å². The summed E-state index contributed by atoms with van der Waals surface area (Å²) >= 11 is 0. The van der Waals surface area contributed by atoms with E-state index in [0.29, 0.717) is 5.56 Å². The highest BCUT2D eigenvalue weighted by Gasteiger charge is 2.23. The lowest BCUT2D eigenvalue weighted by Crippen LogP contribution is -2.17. The molecule has 0 heterocycles. The van der Waals surface area contributed by atoms with Crippen molar-refractivity contribution >= 4 is 5.97 Å². The van der Waals surface area contributed by atoms with E-state index in [2.05, 4.69) is 13.8 Å². The normalized spacial score (nSPS) is 17.1. The van der Waals surface area contributed by atoms with Crippen molar-refractivity contribution in [3.63, 3.8) is 0 Å². The summed E-state index contributed by atoms with van der Waals surface area (Å²) in [5.41, 5.74) is 1.74. The van der Waals surface area contributed by atoms with Crippen molar-refractivity contribution in [3.8, 4) is 0 Å². The molecule has 2 rings (SSSR count). The van der Waals surface area contributed by atoms with Crippen LogP contribution in [0.15, 0.2) is 24.3 Å². The van der Waals surface area contributed by atoms with E-state index >= 15 is 0 Å². The van der Waals surface area contributed by atoms with Crippen LogP contribution in [-0.2, 0) is 16.2 Å². The molecule has 1 fully saturated rings. The summed E-state index contributed by atoms with van der Waals surface area (Å²) in [5.74, 6) is 0.373. The van der Waals surface area contributed by atoms with Crippen LogP contribution >= 0.6 is 0 Å². The molecule has 0 aliphatic heterocycles. The summed E-state index contributed by atoms with van der Waals surface area (Å²) in [6, 6.07) is 7.44. The van der Waals surface area contributed by atoms with Gasteiger partial charge in [-0.25, -0.2) is 4.79 Å². The average molecular weight is 275 g/mol. The molecule has 1 aromatic carbocycles.